The molecule has 0 saturated heterocycles. The van der Waals surface area contributed by atoms with E-state index in [1.54, 1.807) is 0 Å². The van der Waals surface area contributed by atoms with Crippen LogP contribution in [-0.4, -0.2) is 0 Å². The fourth-order valence-electron chi connectivity index (χ4n) is 1.01. The molecule has 0 aromatic heterocycles. The summed E-state index contributed by atoms with van der Waals surface area (Å²) in [5.41, 5.74) is 3.05. The first kappa shape index (κ1) is 13.4. The SMILES string of the molecule is C=C/C(=C\C(=C)C(=C)/C=C\C=C/C)CC. The van der Waals surface area contributed by atoms with Gasteiger partial charge in [-0.3, -0.25) is 0 Å². The van der Waals surface area contributed by atoms with E-state index in [1.807, 2.05) is 43.4 Å². The van der Waals surface area contributed by atoms with Crippen LogP contribution in [0.3, 0.4) is 0 Å². The van der Waals surface area contributed by atoms with E-state index in [1.165, 1.54) is 5.57 Å². The van der Waals surface area contributed by atoms with Gasteiger partial charge in [0, 0.05) is 0 Å². The highest BCUT2D eigenvalue weighted by atomic mass is 14.0. The second-order valence-electron chi connectivity index (χ2n) is 3.21. The summed E-state index contributed by atoms with van der Waals surface area (Å²) in [5.74, 6) is 0. The molecule has 0 heterocycles. The van der Waals surface area contributed by atoms with Crippen LogP contribution in [0.2, 0.25) is 0 Å². The molecule has 0 rings (SSSR count). The van der Waals surface area contributed by atoms with E-state index in [-0.39, 0.29) is 0 Å². The summed E-state index contributed by atoms with van der Waals surface area (Å²) >= 11 is 0. The van der Waals surface area contributed by atoms with Gasteiger partial charge in [-0.1, -0.05) is 63.1 Å². The zero-order valence-corrected chi connectivity index (χ0v) is 9.79. The third-order valence-electron chi connectivity index (χ3n) is 2.04. The van der Waals surface area contributed by atoms with Crippen molar-refractivity contribution in [1.29, 1.82) is 0 Å². The third kappa shape index (κ3) is 5.69. The van der Waals surface area contributed by atoms with Gasteiger partial charge in [-0.15, -0.1) is 0 Å². The minimum absolute atomic E-state index is 0.931. The van der Waals surface area contributed by atoms with Crippen molar-refractivity contribution in [2.75, 3.05) is 0 Å². The Morgan fingerprint density at radius 1 is 1.13 bits per heavy atom. The van der Waals surface area contributed by atoms with Gasteiger partial charge in [0.25, 0.3) is 0 Å². The Morgan fingerprint density at radius 2 is 1.80 bits per heavy atom. The standard InChI is InChI=1S/C15H20/c1-6-9-10-11-13(4)14(5)12-15(7-2)8-3/h6-7,9-12H,2,4-5,8H2,1,3H3/b9-6-,11-10-,15-12+. The molecule has 0 radical (unpaired) electrons. The zero-order chi connectivity index (χ0) is 11.7. The van der Waals surface area contributed by atoms with E-state index in [4.69, 9.17) is 0 Å². The summed E-state index contributed by atoms with van der Waals surface area (Å²) in [6.45, 7) is 15.7. The molecule has 0 N–H and O–H groups in total. The number of hydrogen-bond acceptors (Lipinski definition) is 0. The van der Waals surface area contributed by atoms with Crippen LogP contribution < -0.4 is 0 Å². The molecule has 0 aromatic rings. The first-order valence-electron chi connectivity index (χ1n) is 5.16. The van der Waals surface area contributed by atoms with Gasteiger partial charge in [0.2, 0.25) is 0 Å². The molecule has 0 heteroatoms. The molecule has 15 heavy (non-hydrogen) atoms. The Labute approximate surface area is 93.7 Å². The number of hydrogen-bond donors (Lipinski definition) is 0. The van der Waals surface area contributed by atoms with Gasteiger partial charge < -0.3 is 0 Å². The summed E-state index contributed by atoms with van der Waals surface area (Å²) < 4.78 is 0. The van der Waals surface area contributed by atoms with Crippen LogP contribution in [0.5, 0.6) is 0 Å². The summed E-state index contributed by atoms with van der Waals surface area (Å²) in [4.78, 5) is 0. The highest BCUT2D eigenvalue weighted by molar-refractivity contribution is 5.45. The Bertz CT molecular complexity index is 322. The van der Waals surface area contributed by atoms with Crippen molar-refractivity contribution in [3.63, 3.8) is 0 Å². The molecule has 80 valence electrons. The molecule has 0 fully saturated rings. The van der Waals surface area contributed by atoms with Crippen LogP contribution in [0.25, 0.3) is 0 Å². The van der Waals surface area contributed by atoms with Crippen molar-refractivity contribution < 1.29 is 0 Å². The van der Waals surface area contributed by atoms with Crippen molar-refractivity contribution in [3.05, 3.63) is 72.9 Å². The van der Waals surface area contributed by atoms with Crippen molar-refractivity contribution in [2.45, 2.75) is 20.3 Å². The lowest BCUT2D eigenvalue weighted by Crippen LogP contribution is -1.81. The molecule has 0 saturated carbocycles. The molecule has 0 aromatic carbocycles. The number of rotatable bonds is 6. The fourth-order valence-corrected chi connectivity index (χ4v) is 1.01. The van der Waals surface area contributed by atoms with Crippen LogP contribution in [0, 0.1) is 0 Å². The predicted molar refractivity (Wildman–Crippen MR) is 70.8 cm³/mol. The van der Waals surface area contributed by atoms with E-state index >= 15 is 0 Å². The second-order valence-corrected chi connectivity index (χ2v) is 3.21. The molecule has 0 bridgehead atoms. The van der Waals surface area contributed by atoms with Crippen molar-refractivity contribution in [2.24, 2.45) is 0 Å². The van der Waals surface area contributed by atoms with E-state index in [0.717, 1.165) is 17.6 Å². The van der Waals surface area contributed by atoms with Crippen molar-refractivity contribution in [3.8, 4) is 0 Å². The molecule has 0 nitrogen and oxygen atoms in total. The van der Waals surface area contributed by atoms with Crippen LogP contribution in [-0.2, 0) is 0 Å². The highest BCUT2D eigenvalue weighted by Gasteiger charge is 1.93. The molecule has 0 aliphatic heterocycles. The molecule has 0 aliphatic rings. The van der Waals surface area contributed by atoms with Crippen LogP contribution >= 0.6 is 0 Å². The third-order valence-corrected chi connectivity index (χ3v) is 2.04. The van der Waals surface area contributed by atoms with E-state index in [0.29, 0.717) is 0 Å². The van der Waals surface area contributed by atoms with Crippen LogP contribution in [0.1, 0.15) is 20.3 Å². The summed E-state index contributed by atoms with van der Waals surface area (Å²) in [6, 6.07) is 0. The predicted octanol–water partition coefficient (Wildman–Crippen LogP) is 4.75. The van der Waals surface area contributed by atoms with Crippen LogP contribution in [0.15, 0.2) is 72.9 Å². The highest BCUT2D eigenvalue weighted by Crippen LogP contribution is 2.13. The topological polar surface area (TPSA) is 0 Å². The van der Waals surface area contributed by atoms with Gasteiger partial charge >= 0.3 is 0 Å². The Hall–Kier alpha value is -1.56. The van der Waals surface area contributed by atoms with Crippen molar-refractivity contribution in [1.82, 2.24) is 0 Å². The molecule has 0 spiro atoms. The normalized spacial score (nSPS) is 12.3. The monoisotopic (exact) mass is 200 g/mol. The number of allylic oxidation sites excluding steroid dienone is 9. The van der Waals surface area contributed by atoms with Gasteiger partial charge in [0.1, 0.15) is 0 Å². The maximum atomic E-state index is 3.97. The molecule has 0 aliphatic carbocycles. The average molecular weight is 200 g/mol. The first-order chi connectivity index (χ1) is 7.15. The summed E-state index contributed by atoms with van der Waals surface area (Å²) in [5, 5.41) is 0. The lowest BCUT2D eigenvalue weighted by Gasteiger charge is -2.01. The van der Waals surface area contributed by atoms with E-state index in [9.17, 15) is 0 Å². The van der Waals surface area contributed by atoms with Gasteiger partial charge in [-0.25, -0.2) is 0 Å². The molecule has 0 atom stereocenters. The zero-order valence-electron chi connectivity index (χ0n) is 9.79. The van der Waals surface area contributed by atoms with Gasteiger partial charge in [0.05, 0.1) is 0 Å². The maximum Gasteiger partial charge on any atom is -0.0259 e. The Kier molecular flexibility index (Phi) is 7.00. The second kappa shape index (κ2) is 7.81. The maximum absolute atomic E-state index is 3.97. The lowest BCUT2D eigenvalue weighted by atomic mass is 10.0. The molecule has 0 unspecified atom stereocenters. The smallest absolute Gasteiger partial charge is 0.0259 e. The van der Waals surface area contributed by atoms with Gasteiger partial charge in [-0.05, 0) is 30.1 Å². The van der Waals surface area contributed by atoms with E-state index in [2.05, 4.69) is 26.7 Å². The summed E-state index contributed by atoms with van der Waals surface area (Å²) in [7, 11) is 0. The minimum atomic E-state index is 0.931. The quantitative estimate of drug-likeness (QED) is 0.543. The Balaban J connectivity index is 4.52. The average Bonchev–Trinajstić information content (AvgIpc) is 2.25. The summed E-state index contributed by atoms with van der Waals surface area (Å²) in [6.07, 6.45) is 12.7. The molecule has 0 amide bonds. The van der Waals surface area contributed by atoms with Gasteiger partial charge in [0.15, 0.2) is 0 Å². The van der Waals surface area contributed by atoms with Gasteiger partial charge in [-0.2, -0.15) is 0 Å². The molecular weight excluding hydrogens is 180 g/mol. The minimum Gasteiger partial charge on any atom is -0.0988 e. The largest absolute Gasteiger partial charge is 0.0988 e. The van der Waals surface area contributed by atoms with Crippen molar-refractivity contribution >= 4 is 0 Å². The Morgan fingerprint density at radius 3 is 2.27 bits per heavy atom. The van der Waals surface area contributed by atoms with Crippen LogP contribution in [0.4, 0.5) is 0 Å². The fraction of sp³-hybridized carbons (Fsp3) is 0.200. The van der Waals surface area contributed by atoms with E-state index < -0.39 is 0 Å². The first-order valence-corrected chi connectivity index (χ1v) is 5.16. The lowest BCUT2D eigenvalue weighted by molar-refractivity contribution is 1.15. The molecular formula is C15H20.